The summed E-state index contributed by atoms with van der Waals surface area (Å²) in [6.45, 7) is 3.22. The fourth-order valence-corrected chi connectivity index (χ4v) is 2.17. The minimum absolute atomic E-state index is 0.350. The molecule has 1 saturated heterocycles. The number of rotatable bonds is 5. The fourth-order valence-electron chi connectivity index (χ4n) is 2.17. The summed E-state index contributed by atoms with van der Waals surface area (Å²) in [5.41, 5.74) is 5.43. The van der Waals surface area contributed by atoms with Crippen molar-refractivity contribution in [2.75, 3.05) is 38.3 Å². The molecule has 0 bridgehead atoms. The second-order valence-corrected chi connectivity index (χ2v) is 4.40. The summed E-state index contributed by atoms with van der Waals surface area (Å²) in [6.07, 6.45) is 4.18. The van der Waals surface area contributed by atoms with Gasteiger partial charge in [-0.1, -0.05) is 0 Å². The van der Waals surface area contributed by atoms with Crippen LogP contribution in [-0.2, 0) is 4.74 Å². The number of pyridine rings is 1. The Kier molecular flexibility index (Phi) is 4.78. The first-order chi connectivity index (χ1) is 8.83. The van der Waals surface area contributed by atoms with Crippen LogP contribution in [0.2, 0.25) is 0 Å². The van der Waals surface area contributed by atoms with Gasteiger partial charge >= 0.3 is 0 Å². The Labute approximate surface area is 108 Å². The Morgan fingerprint density at radius 1 is 1.39 bits per heavy atom. The monoisotopic (exact) mass is 251 g/mol. The molecule has 0 radical (unpaired) electrons. The topological polar surface area (TPSA) is 60.6 Å². The molecule has 0 spiro atoms. The van der Waals surface area contributed by atoms with Crippen molar-refractivity contribution >= 4 is 5.82 Å². The van der Waals surface area contributed by atoms with E-state index in [2.05, 4.69) is 9.88 Å². The minimum Gasteiger partial charge on any atom is -0.495 e. The van der Waals surface area contributed by atoms with Crippen LogP contribution in [0.1, 0.15) is 12.8 Å². The number of aromatic nitrogens is 1. The maximum Gasteiger partial charge on any atom is 0.137 e. The van der Waals surface area contributed by atoms with Crippen molar-refractivity contribution in [3.8, 4) is 5.75 Å². The first kappa shape index (κ1) is 13.1. The standard InChI is InChI=1S/C13H21N3O2/c1-17-12-2-3-13(15-10-12)16-7-4-11(5-8-16)18-9-6-14/h2-3,10-11H,4-9,14H2,1H3. The first-order valence-corrected chi connectivity index (χ1v) is 6.40. The van der Waals surface area contributed by atoms with Gasteiger partial charge in [-0.05, 0) is 25.0 Å². The van der Waals surface area contributed by atoms with Crippen LogP contribution in [0.15, 0.2) is 18.3 Å². The lowest BCUT2D eigenvalue weighted by Gasteiger charge is -2.32. The Balaban J connectivity index is 1.84. The van der Waals surface area contributed by atoms with Crippen molar-refractivity contribution in [2.45, 2.75) is 18.9 Å². The van der Waals surface area contributed by atoms with E-state index in [1.807, 2.05) is 12.1 Å². The van der Waals surface area contributed by atoms with Crippen molar-refractivity contribution in [2.24, 2.45) is 5.73 Å². The molecule has 0 unspecified atom stereocenters. The van der Waals surface area contributed by atoms with Crippen LogP contribution in [0, 0.1) is 0 Å². The van der Waals surface area contributed by atoms with Gasteiger partial charge in [0.15, 0.2) is 0 Å². The second-order valence-electron chi connectivity index (χ2n) is 4.40. The summed E-state index contributed by atoms with van der Waals surface area (Å²) >= 11 is 0. The molecule has 2 rings (SSSR count). The molecule has 0 aromatic carbocycles. The van der Waals surface area contributed by atoms with Gasteiger partial charge < -0.3 is 20.1 Å². The van der Waals surface area contributed by atoms with E-state index in [0.29, 0.717) is 19.3 Å². The number of nitrogens with two attached hydrogens (primary N) is 1. The first-order valence-electron chi connectivity index (χ1n) is 6.40. The molecule has 1 aromatic heterocycles. The average Bonchev–Trinajstić information content (AvgIpc) is 2.46. The van der Waals surface area contributed by atoms with E-state index in [1.165, 1.54) is 0 Å². The molecule has 1 aliphatic heterocycles. The molecule has 0 saturated carbocycles. The highest BCUT2D eigenvalue weighted by Gasteiger charge is 2.20. The third-order valence-corrected chi connectivity index (χ3v) is 3.19. The Morgan fingerprint density at radius 3 is 2.72 bits per heavy atom. The molecule has 2 N–H and O–H groups in total. The molecule has 100 valence electrons. The molecule has 18 heavy (non-hydrogen) atoms. The minimum atomic E-state index is 0.350. The number of nitrogens with zero attached hydrogens (tertiary/aromatic N) is 2. The van der Waals surface area contributed by atoms with Gasteiger partial charge in [-0.15, -0.1) is 0 Å². The largest absolute Gasteiger partial charge is 0.495 e. The number of ether oxygens (including phenoxy) is 2. The van der Waals surface area contributed by atoms with Gasteiger partial charge in [0.2, 0.25) is 0 Å². The zero-order valence-electron chi connectivity index (χ0n) is 10.8. The van der Waals surface area contributed by atoms with Crippen LogP contribution in [0.4, 0.5) is 5.82 Å². The summed E-state index contributed by atoms with van der Waals surface area (Å²) in [5, 5.41) is 0. The molecule has 2 heterocycles. The number of hydrogen-bond acceptors (Lipinski definition) is 5. The van der Waals surface area contributed by atoms with Gasteiger partial charge in [0, 0.05) is 19.6 Å². The zero-order valence-corrected chi connectivity index (χ0v) is 10.8. The van der Waals surface area contributed by atoms with Crippen LogP contribution >= 0.6 is 0 Å². The normalized spacial score (nSPS) is 16.9. The third-order valence-electron chi connectivity index (χ3n) is 3.19. The fraction of sp³-hybridized carbons (Fsp3) is 0.615. The lowest BCUT2D eigenvalue weighted by molar-refractivity contribution is 0.0421. The van der Waals surface area contributed by atoms with E-state index in [-0.39, 0.29) is 0 Å². The number of methoxy groups -OCH3 is 1. The maximum absolute atomic E-state index is 5.66. The molecule has 5 heteroatoms. The van der Waals surface area contributed by atoms with Crippen LogP contribution in [0.5, 0.6) is 5.75 Å². The van der Waals surface area contributed by atoms with Gasteiger partial charge in [-0.25, -0.2) is 4.98 Å². The van der Waals surface area contributed by atoms with E-state index in [1.54, 1.807) is 13.3 Å². The van der Waals surface area contributed by atoms with Crippen molar-refractivity contribution in [1.82, 2.24) is 4.98 Å². The molecular formula is C13H21N3O2. The zero-order chi connectivity index (χ0) is 12.8. The van der Waals surface area contributed by atoms with Crippen molar-refractivity contribution in [3.05, 3.63) is 18.3 Å². The van der Waals surface area contributed by atoms with Gasteiger partial charge in [-0.3, -0.25) is 0 Å². The number of anilines is 1. The second kappa shape index (κ2) is 6.56. The lowest BCUT2D eigenvalue weighted by Crippen LogP contribution is -2.38. The summed E-state index contributed by atoms with van der Waals surface area (Å²) in [7, 11) is 1.65. The predicted molar refractivity (Wildman–Crippen MR) is 71.0 cm³/mol. The van der Waals surface area contributed by atoms with Crippen LogP contribution < -0.4 is 15.4 Å². The third kappa shape index (κ3) is 3.34. The number of hydrogen-bond donors (Lipinski definition) is 1. The smallest absolute Gasteiger partial charge is 0.137 e. The highest BCUT2D eigenvalue weighted by atomic mass is 16.5. The van der Waals surface area contributed by atoms with E-state index in [0.717, 1.165) is 37.5 Å². The van der Waals surface area contributed by atoms with E-state index in [4.69, 9.17) is 15.2 Å². The Bertz CT molecular complexity index is 348. The van der Waals surface area contributed by atoms with Crippen molar-refractivity contribution in [3.63, 3.8) is 0 Å². The average molecular weight is 251 g/mol. The summed E-state index contributed by atoms with van der Waals surface area (Å²) in [5.74, 6) is 1.80. The molecule has 0 amide bonds. The van der Waals surface area contributed by atoms with Crippen LogP contribution in [0.25, 0.3) is 0 Å². The molecule has 1 fully saturated rings. The summed E-state index contributed by atoms with van der Waals surface area (Å²) in [4.78, 5) is 6.68. The van der Waals surface area contributed by atoms with Gasteiger partial charge in [0.25, 0.3) is 0 Å². The maximum atomic E-state index is 5.66. The number of piperidine rings is 1. The van der Waals surface area contributed by atoms with Gasteiger partial charge in [0.1, 0.15) is 11.6 Å². The van der Waals surface area contributed by atoms with Crippen molar-refractivity contribution in [1.29, 1.82) is 0 Å². The molecule has 0 aliphatic carbocycles. The summed E-state index contributed by atoms with van der Waals surface area (Å²) < 4.78 is 10.8. The van der Waals surface area contributed by atoms with Crippen LogP contribution in [-0.4, -0.2) is 44.4 Å². The Hall–Kier alpha value is -1.33. The predicted octanol–water partition coefficient (Wildman–Crippen LogP) is 1.03. The van der Waals surface area contributed by atoms with Crippen molar-refractivity contribution < 1.29 is 9.47 Å². The highest BCUT2D eigenvalue weighted by Crippen LogP contribution is 2.21. The lowest BCUT2D eigenvalue weighted by atomic mass is 10.1. The molecule has 1 aliphatic rings. The van der Waals surface area contributed by atoms with Gasteiger partial charge in [-0.2, -0.15) is 0 Å². The SMILES string of the molecule is COc1ccc(N2CCC(OCCN)CC2)nc1. The highest BCUT2D eigenvalue weighted by molar-refractivity contribution is 5.41. The van der Waals surface area contributed by atoms with Crippen LogP contribution in [0.3, 0.4) is 0 Å². The summed E-state index contributed by atoms with van der Waals surface area (Å²) in [6, 6.07) is 3.94. The molecule has 5 nitrogen and oxygen atoms in total. The quantitative estimate of drug-likeness (QED) is 0.847. The molecular weight excluding hydrogens is 230 g/mol. The Morgan fingerprint density at radius 2 is 2.17 bits per heavy atom. The van der Waals surface area contributed by atoms with E-state index < -0.39 is 0 Å². The van der Waals surface area contributed by atoms with Gasteiger partial charge in [0.05, 0.1) is 26.0 Å². The van der Waals surface area contributed by atoms with E-state index in [9.17, 15) is 0 Å². The molecule has 1 aromatic rings. The molecule has 0 atom stereocenters. The van der Waals surface area contributed by atoms with E-state index >= 15 is 0 Å².